The molecule has 2 aliphatic heterocycles. The molecule has 2 atom stereocenters. The molecule has 0 saturated carbocycles. The average molecular weight is 609 g/mol. The molecule has 10 nitrogen and oxygen atoms in total. The fraction of sp³-hybridized carbons (Fsp3) is 0.400. The number of benzene rings is 2. The number of rotatable bonds is 6. The van der Waals surface area contributed by atoms with Gasteiger partial charge in [0, 0.05) is 54.8 Å². The summed E-state index contributed by atoms with van der Waals surface area (Å²) in [5, 5.41) is 5.28. The molecule has 0 aliphatic carbocycles. The lowest BCUT2D eigenvalue weighted by atomic mass is 10.0. The molecular formula is C35H40N6O4. The summed E-state index contributed by atoms with van der Waals surface area (Å²) in [6, 6.07) is 15.7. The van der Waals surface area contributed by atoms with Crippen molar-refractivity contribution in [1.29, 1.82) is 0 Å². The molecule has 2 unspecified atom stereocenters. The van der Waals surface area contributed by atoms with E-state index < -0.39 is 5.60 Å². The Hall–Kier alpha value is -4.73. The van der Waals surface area contributed by atoms with E-state index in [1.54, 1.807) is 17.3 Å². The van der Waals surface area contributed by atoms with Gasteiger partial charge in [-0.05, 0) is 76.8 Å². The molecule has 2 aromatic carbocycles. The van der Waals surface area contributed by atoms with Crippen molar-refractivity contribution in [2.75, 3.05) is 29.9 Å². The summed E-state index contributed by atoms with van der Waals surface area (Å²) in [5.41, 5.74) is 2.68. The number of ether oxygens (including phenoxy) is 2. The Balaban J connectivity index is 1.25. The van der Waals surface area contributed by atoms with E-state index in [4.69, 9.17) is 14.5 Å². The van der Waals surface area contributed by atoms with Crippen molar-refractivity contribution in [2.24, 2.45) is 5.92 Å². The van der Waals surface area contributed by atoms with E-state index in [9.17, 15) is 9.59 Å². The maximum Gasteiger partial charge on any atom is 0.410 e. The van der Waals surface area contributed by atoms with Crippen molar-refractivity contribution in [3.63, 3.8) is 0 Å². The van der Waals surface area contributed by atoms with Gasteiger partial charge in [-0.1, -0.05) is 31.2 Å². The summed E-state index contributed by atoms with van der Waals surface area (Å²) in [7, 11) is 0. The van der Waals surface area contributed by atoms with Crippen molar-refractivity contribution in [1.82, 2.24) is 19.9 Å². The molecule has 234 valence electrons. The molecule has 10 heteroatoms. The van der Waals surface area contributed by atoms with Crippen LogP contribution in [-0.4, -0.2) is 63.1 Å². The third-order valence-electron chi connectivity index (χ3n) is 8.26. The van der Waals surface area contributed by atoms with Gasteiger partial charge in [0.2, 0.25) is 17.7 Å². The largest absolute Gasteiger partial charge is 0.444 e. The van der Waals surface area contributed by atoms with Crippen molar-refractivity contribution in [2.45, 2.75) is 65.5 Å². The second kappa shape index (κ2) is 12.3. The molecule has 2 amide bonds. The zero-order chi connectivity index (χ0) is 31.7. The first-order valence-electron chi connectivity index (χ1n) is 15.6. The number of amides is 2. The Morgan fingerprint density at radius 2 is 1.82 bits per heavy atom. The van der Waals surface area contributed by atoms with E-state index in [1.165, 1.54) is 0 Å². The first-order valence-corrected chi connectivity index (χ1v) is 15.6. The number of hydrogen-bond acceptors (Lipinski definition) is 8. The van der Waals surface area contributed by atoms with E-state index in [1.807, 2.05) is 82.0 Å². The molecule has 45 heavy (non-hydrogen) atoms. The summed E-state index contributed by atoms with van der Waals surface area (Å²) in [6.45, 7) is 11.5. The fourth-order valence-corrected chi connectivity index (χ4v) is 5.97. The second-order valence-corrected chi connectivity index (χ2v) is 12.9. The van der Waals surface area contributed by atoms with Gasteiger partial charge in [0.1, 0.15) is 11.4 Å². The van der Waals surface area contributed by atoms with Gasteiger partial charge in [-0.3, -0.25) is 4.79 Å². The van der Waals surface area contributed by atoms with Gasteiger partial charge in [-0.25, -0.2) is 19.7 Å². The van der Waals surface area contributed by atoms with Crippen molar-refractivity contribution in [3.05, 3.63) is 66.5 Å². The molecule has 6 rings (SSSR count). The third kappa shape index (κ3) is 6.55. The van der Waals surface area contributed by atoms with Crippen LogP contribution in [0.25, 0.3) is 22.0 Å². The van der Waals surface area contributed by atoms with E-state index in [-0.39, 0.29) is 24.0 Å². The minimum atomic E-state index is -0.545. The number of carbonyl (C=O) groups is 2. The highest BCUT2D eigenvalue weighted by Gasteiger charge is 2.31. The molecular weight excluding hydrogens is 568 g/mol. The molecule has 2 aromatic heterocycles. The summed E-state index contributed by atoms with van der Waals surface area (Å²) in [5.74, 6) is 1.74. The van der Waals surface area contributed by atoms with E-state index in [0.29, 0.717) is 42.9 Å². The van der Waals surface area contributed by atoms with Crippen molar-refractivity contribution >= 4 is 34.4 Å². The molecule has 2 saturated heterocycles. The van der Waals surface area contributed by atoms with Crippen LogP contribution >= 0.6 is 0 Å². The Bertz CT molecular complexity index is 1740. The van der Waals surface area contributed by atoms with Gasteiger partial charge in [0.05, 0.1) is 16.9 Å². The Kier molecular flexibility index (Phi) is 8.31. The number of likely N-dealkylation sites (tertiary alicyclic amines) is 1. The maximum atomic E-state index is 12.9. The van der Waals surface area contributed by atoms with E-state index in [0.717, 1.165) is 46.8 Å². The Labute approximate surface area is 263 Å². The first-order chi connectivity index (χ1) is 21.6. The van der Waals surface area contributed by atoms with Gasteiger partial charge < -0.3 is 24.6 Å². The fourth-order valence-electron chi connectivity index (χ4n) is 5.97. The van der Waals surface area contributed by atoms with Crippen LogP contribution < -0.4 is 15.0 Å². The molecule has 4 aromatic rings. The van der Waals surface area contributed by atoms with Gasteiger partial charge >= 0.3 is 6.09 Å². The number of aryl methyl sites for hydroxylation is 1. The lowest BCUT2D eigenvalue weighted by Crippen LogP contribution is -2.47. The predicted octanol–water partition coefficient (Wildman–Crippen LogP) is 6.98. The predicted molar refractivity (Wildman–Crippen MR) is 175 cm³/mol. The highest BCUT2D eigenvalue weighted by Crippen LogP contribution is 2.40. The third-order valence-corrected chi connectivity index (χ3v) is 8.26. The van der Waals surface area contributed by atoms with Crippen molar-refractivity contribution in [3.8, 4) is 22.9 Å². The van der Waals surface area contributed by atoms with Crippen LogP contribution in [0, 0.1) is 12.8 Å². The zero-order valence-corrected chi connectivity index (χ0v) is 26.5. The van der Waals surface area contributed by atoms with Gasteiger partial charge in [-0.15, -0.1) is 0 Å². The number of piperidine rings is 1. The van der Waals surface area contributed by atoms with Crippen LogP contribution in [0.5, 0.6) is 11.6 Å². The lowest BCUT2D eigenvalue weighted by molar-refractivity contribution is -0.119. The van der Waals surface area contributed by atoms with Gasteiger partial charge in [0.15, 0.2) is 0 Å². The molecule has 4 heterocycles. The number of anilines is 2. The minimum absolute atomic E-state index is 0.0101. The second-order valence-electron chi connectivity index (χ2n) is 12.9. The minimum Gasteiger partial charge on any atom is -0.444 e. The van der Waals surface area contributed by atoms with Crippen LogP contribution in [0.1, 0.15) is 52.5 Å². The highest BCUT2D eigenvalue weighted by molar-refractivity contribution is 6.07. The summed E-state index contributed by atoms with van der Waals surface area (Å²) in [4.78, 5) is 43.0. The Morgan fingerprint density at radius 1 is 0.978 bits per heavy atom. The molecule has 2 aliphatic rings. The average Bonchev–Trinajstić information content (AvgIpc) is 3.35. The highest BCUT2D eigenvalue weighted by atomic mass is 16.6. The Morgan fingerprint density at radius 3 is 2.60 bits per heavy atom. The number of hydrogen-bond donors (Lipinski definition) is 1. The molecule has 0 spiro atoms. The lowest BCUT2D eigenvalue weighted by Gasteiger charge is -2.34. The first kappa shape index (κ1) is 30.3. The van der Waals surface area contributed by atoms with E-state index >= 15 is 0 Å². The molecule has 2 fully saturated rings. The van der Waals surface area contributed by atoms with E-state index in [2.05, 4.69) is 21.4 Å². The SMILES string of the molecule is Cc1ccc2c(N3CCC(C)C3=O)cccc2c1Oc1ncccc1-c1ccnc(NC2CCCN(C(=O)OC(C)(C)C)C2)n1. The van der Waals surface area contributed by atoms with Crippen LogP contribution in [0.3, 0.4) is 0 Å². The topological polar surface area (TPSA) is 110 Å². The van der Waals surface area contributed by atoms with Crippen molar-refractivity contribution < 1.29 is 19.1 Å². The molecule has 0 bridgehead atoms. The normalized spacial score (nSPS) is 18.7. The standard InChI is InChI=1S/C35H40N6O4/c1-22-13-14-25-26(10-6-12-29(25)41-20-16-23(2)32(41)42)30(22)44-31-27(11-7-17-36-31)28-15-18-37-33(39-28)38-24-9-8-19-40(21-24)34(43)45-35(3,4)5/h6-7,10-15,17-18,23-24H,8-9,16,19-21H2,1-5H3,(H,37,38,39). The monoisotopic (exact) mass is 608 g/mol. The number of nitrogens with one attached hydrogen (secondary N) is 1. The number of carbonyl (C=O) groups excluding carboxylic acids is 2. The van der Waals surface area contributed by atoms with Gasteiger partial charge in [0.25, 0.3) is 0 Å². The van der Waals surface area contributed by atoms with Crippen LogP contribution in [-0.2, 0) is 9.53 Å². The molecule has 0 radical (unpaired) electrons. The van der Waals surface area contributed by atoms with Crippen LogP contribution in [0.2, 0.25) is 0 Å². The number of pyridine rings is 1. The van der Waals surface area contributed by atoms with Crippen LogP contribution in [0.15, 0.2) is 60.9 Å². The number of nitrogens with zero attached hydrogens (tertiary/aromatic N) is 5. The summed E-state index contributed by atoms with van der Waals surface area (Å²) >= 11 is 0. The smallest absolute Gasteiger partial charge is 0.410 e. The summed E-state index contributed by atoms with van der Waals surface area (Å²) in [6.07, 6.45) is 5.69. The maximum absolute atomic E-state index is 12.9. The van der Waals surface area contributed by atoms with Crippen LogP contribution in [0.4, 0.5) is 16.4 Å². The quantitative estimate of drug-likeness (QED) is 0.250. The molecule has 1 N–H and O–H groups in total. The zero-order valence-electron chi connectivity index (χ0n) is 26.5. The van der Waals surface area contributed by atoms with Gasteiger partial charge in [-0.2, -0.15) is 0 Å². The number of aromatic nitrogens is 3. The number of fused-ring (bicyclic) bond motifs is 1. The summed E-state index contributed by atoms with van der Waals surface area (Å²) < 4.78 is 12.2.